The van der Waals surface area contributed by atoms with Crippen LogP contribution in [0.5, 0.6) is 0 Å². The van der Waals surface area contributed by atoms with Gasteiger partial charge in [-0.2, -0.15) is 10.5 Å². The molecular formula is C57H73ClN14O18. The SMILES string of the molecule is CC(=O)OC(C)=O.CCCN(C(=O)CC#N)C(=O)NCCc1ccc([N+](=O)[O-])cc1.CCCNC(=O)NCCc1ccc([N+](=O)[O-])cc1.CCCn1c(=O)cc(N)n(CCc2ccc([N+](=O)[O-])cc2)c1=O.Cl.N#CCC(=O)O.NCCc1ccc([N+](=O)[O-])cc1. The fourth-order valence-electron chi connectivity index (χ4n) is 6.86. The number of nitrogens with one attached hydrogen (secondary N) is 3. The van der Waals surface area contributed by atoms with E-state index in [0.717, 1.165) is 44.6 Å². The van der Waals surface area contributed by atoms with Gasteiger partial charge < -0.3 is 37.3 Å². The Labute approximate surface area is 522 Å². The van der Waals surface area contributed by atoms with E-state index in [-0.39, 0.29) is 66.5 Å². The van der Waals surface area contributed by atoms with Crippen molar-refractivity contribution in [2.24, 2.45) is 5.73 Å². The molecule has 5 amide bonds. The van der Waals surface area contributed by atoms with E-state index in [0.29, 0.717) is 64.8 Å². The van der Waals surface area contributed by atoms with Gasteiger partial charge in [0.05, 0.1) is 31.8 Å². The number of nitriles is 2. The molecule has 4 aromatic carbocycles. The normalized spacial score (nSPS) is 9.51. The van der Waals surface area contributed by atoms with Crippen LogP contribution in [0.2, 0.25) is 0 Å². The molecule has 0 spiro atoms. The third-order valence-electron chi connectivity index (χ3n) is 11.1. The fraction of sp³-hybridized carbons (Fsp3) is 0.368. The number of aromatic nitrogens is 2. The van der Waals surface area contributed by atoms with Crippen molar-refractivity contribution in [2.45, 2.75) is 105 Å². The number of nitro benzene ring substituents is 4. The number of aliphatic carboxylic acids is 1. The van der Waals surface area contributed by atoms with Gasteiger partial charge in [-0.1, -0.05) is 69.3 Å². The largest absolute Gasteiger partial charge is 0.480 e. The van der Waals surface area contributed by atoms with E-state index < -0.39 is 67.2 Å². The summed E-state index contributed by atoms with van der Waals surface area (Å²) in [4.78, 5) is 129. The molecule has 0 saturated heterocycles. The first-order valence-electron chi connectivity index (χ1n) is 27.2. The molecule has 32 nitrogen and oxygen atoms in total. The molecule has 33 heteroatoms. The summed E-state index contributed by atoms with van der Waals surface area (Å²) < 4.78 is 6.48. The number of carbonyl (C=O) groups excluding carboxylic acids is 5. The van der Waals surface area contributed by atoms with Gasteiger partial charge in [0, 0.05) is 108 Å². The lowest BCUT2D eigenvalue weighted by atomic mass is 10.1. The first kappa shape index (κ1) is 81.1. The molecule has 0 fully saturated rings. The number of nitro groups is 4. The molecule has 0 aliphatic carbocycles. The molecule has 0 atom stereocenters. The number of halogens is 1. The first-order valence-corrected chi connectivity index (χ1v) is 27.2. The lowest BCUT2D eigenvalue weighted by molar-refractivity contribution is -0.385. The quantitative estimate of drug-likeness (QED) is 0.0174. The van der Waals surface area contributed by atoms with Crippen molar-refractivity contribution < 1.29 is 58.3 Å². The number of aryl methyl sites for hydroxylation is 1. The molecule has 1 heterocycles. The van der Waals surface area contributed by atoms with Crippen LogP contribution in [0.15, 0.2) is 113 Å². The molecule has 0 saturated carbocycles. The minimum absolute atomic E-state index is 0. The second kappa shape index (κ2) is 46.3. The van der Waals surface area contributed by atoms with Crippen molar-refractivity contribution in [3.05, 3.63) is 187 Å². The van der Waals surface area contributed by atoms with Gasteiger partial charge in [0.15, 0.2) is 0 Å². The number of amides is 5. The van der Waals surface area contributed by atoms with Crippen LogP contribution in [0.4, 0.5) is 38.2 Å². The monoisotopic (exact) mass is 1280 g/mol. The van der Waals surface area contributed by atoms with Gasteiger partial charge >= 0.3 is 35.7 Å². The number of nitrogens with zero attached hydrogens (tertiary/aromatic N) is 9. The molecule has 5 rings (SSSR count). The minimum Gasteiger partial charge on any atom is -0.480 e. The van der Waals surface area contributed by atoms with Crippen molar-refractivity contribution >= 4 is 76.9 Å². The van der Waals surface area contributed by atoms with Crippen LogP contribution in [-0.2, 0) is 62.7 Å². The number of esters is 2. The zero-order valence-electron chi connectivity index (χ0n) is 50.1. The molecular weight excluding hydrogens is 1200 g/mol. The molecule has 0 unspecified atom stereocenters. The standard InChI is InChI=1S/2C15H18N4O4.C12H17N3O3.C8H10N2O2.C4H6O3.C3H3NO2.ClH/c1-2-8-18-14(20)10-13(16)17(15(18)21)9-7-11-3-5-12(6-4-11)19(22)23;1-2-11-18(14(20)7-9-16)15(21)17-10-8-12-3-5-13(6-4-12)19(22)23;1-2-8-13-12(16)14-9-7-10-3-5-11(6-4-10)15(17)18;9-6-5-7-1-3-8(4-2-7)10(11)12;1-3(5)7-4(2)6;4-2-1-3(5)6;/h3-6,10H,2,7-9,16H2,1H3;3-6H,2,7-8,10-11H2,1H3,(H,17,21);3-6H,2,7-9H2,1H3,(H2,13,14,16);1-4H,5-6,9H2;1-2H3;1H2,(H,5,6);1H. The predicted octanol–water partition coefficient (Wildman–Crippen LogP) is 6.60. The fourth-order valence-corrected chi connectivity index (χ4v) is 6.86. The van der Waals surface area contributed by atoms with Crippen molar-refractivity contribution in [3.63, 3.8) is 0 Å². The van der Waals surface area contributed by atoms with Crippen LogP contribution in [0, 0.1) is 63.1 Å². The number of imide groups is 1. The number of urea groups is 2. The van der Waals surface area contributed by atoms with Crippen LogP contribution in [-0.4, -0.2) is 107 Å². The average molecular weight is 1280 g/mol. The van der Waals surface area contributed by atoms with E-state index >= 15 is 0 Å². The molecule has 0 aliphatic rings. The van der Waals surface area contributed by atoms with Crippen LogP contribution in [0.1, 0.15) is 89.0 Å². The van der Waals surface area contributed by atoms with Gasteiger partial charge in [0.1, 0.15) is 18.7 Å². The lowest BCUT2D eigenvalue weighted by Gasteiger charge is -2.19. The molecule has 0 bridgehead atoms. The maximum absolute atomic E-state index is 12.3. The second-order valence-electron chi connectivity index (χ2n) is 18.1. The smallest absolute Gasteiger partial charge is 0.332 e. The number of non-ortho nitro benzene ring substituents is 4. The number of carbonyl (C=O) groups is 6. The molecule has 8 N–H and O–H groups in total. The van der Waals surface area contributed by atoms with Crippen LogP contribution in [0.3, 0.4) is 0 Å². The van der Waals surface area contributed by atoms with Crippen molar-refractivity contribution in [1.29, 1.82) is 10.5 Å². The lowest BCUT2D eigenvalue weighted by Crippen LogP contribution is -2.44. The van der Waals surface area contributed by atoms with Gasteiger partial charge in [0.2, 0.25) is 5.91 Å². The molecule has 90 heavy (non-hydrogen) atoms. The summed E-state index contributed by atoms with van der Waals surface area (Å²) in [6.45, 7) is 11.0. The number of hydrogen-bond acceptors (Lipinski definition) is 21. The van der Waals surface area contributed by atoms with E-state index in [4.69, 9.17) is 27.1 Å². The van der Waals surface area contributed by atoms with Gasteiger partial charge in [-0.3, -0.25) is 78.5 Å². The first-order chi connectivity index (χ1) is 42.2. The summed E-state index contributed by atoms with van der Waals surface area (Å²) in [5, 5.41) is 73.8. The van der Waals surface area contributed by atoms with E-state index in [1.807, 2.05) is 20.8 Å². The summed E-state index contributed by atoms with van der Waals surface area (Å²) in [6, 6.07) is 28.6. The van der Waals surface area contributed by atoms with Gasteiger partial charge in [-0.15, -0.1) is 12.4 Å². The Morgan fingerprint density at radius 2 is 0.967 bits per heavy atom. The number of benzene rings is 4. The molecule has 1 aromatic heterocycles. The Morgan fingerprint density at radius 3 is 1.29 bits per heavy atom. The van der Waals surface area contributed by atoms with E-state index in [9.17, 15) is 78.8 Å². The Morgan fingerprint density at radius 1 is 0.578 bits per heavy atom. The summed E-state index contributed by atoms with van der Waals surface area (Å²) in [6.07, 6.45) is 3.80. The van der Waals surface area contributed by atoms with Crippen molar-refractivity contribution in [3.8, 4) is 12.1 Å². The number of hydrogen-bond donors (Lipinski definition) is 6. The summed E-state index contributed by atoms with van der Waals surface area (Å²) in [5.41, 5.74) is 14.2. The Bertz CT molecular complexity index is 3320. The summed E-state index contributed by atoms with van der Waals surface area (Å²) in [5.74, 6) is -2.60. The second-order valence-corrected chi connectivity index (χ2v) is 18.1. The number of rotatable bonds is 23. The zero-order chi connectivity index (χ0) is 67.4. The highest BCUT2D eigenvalue weighted by molar-refractivity contribution is 5.95. The molecule has 5 aromatic rings. The topological polar surface area (TPSA) is 487 Å². The van der Waals surface area contributed by atoms with E-state index in [1.54, 1.807) is 54.6 Å². The highest BCUT2D eigenvalue weighted by Crippen LogP contribution is 2.15. The number of carboxylic acids is 1. The van der Waals surface area contributed by atoms with E-state index in [2.05, 4.69) is 20.7 Å². The highest BCUT2D eigenvalue weighted by Gasteiger charge is 2.20. The third-order valence-corrected chi connectivity index (χ3v) is 11.1. The average Bonchev–Trinajstić information content (AvgIpc) is 1.38. The van der Waals surface area contributed by atoms with Crippen molar-refractivity contribution in [1.82, 2.24) is 30.0 Å². The number of anilines is 1. The maximum Gasteiger partial charge on any atom is 0.332 e. The Kier molecular flexibility index (Phi) is 41.7. The van der Waals surface area contributed by atoms with Crippen LogP contribution >= 0.6 is 12.4 Å². The molecule has 486 valence electrons. The summed E-state index contributed by atoms with van der Waals surface area (Å²) >= 11 is 0. The number of nitrogens with two attached hydrogens (primary N) is 2. The van der Waals surface area contributed by atoms with Crippen molar-refractivity contribution in [2.75, 3.05) is 38.5 Å². The summed E-state index contributed by atoms with van der Waals surface area (Å²) in [7, 11) is 0. The molecule has 0 radical (unpaired) electrons. The maximum atomic E-state index is 12.3. The van der Waals surface area contributed by atoms with E-state index in [1.165, 1.54) is 79.1 Å². The zero-order valence-corrected chi connectivity index (χ0v) is 50.9. The highest BCUT2D eigenvalue weighted by atomic mass is 35.5. The third kappa shape index (κ3) is 34.8. The number of carboxylic acid groups (broad SMARTS) is 1. The predicted molar refractivity (Wildman–Crippen MR) is 331 cm³/mol. The molecule has 0 aliphatic heterocycles. The van der Waals surface area contributed by atoms with Gasteiger partial charge in [-0.25, -0.2) is 14.4 Å². The van der Waals surface area contributed by atoms with Gasteiger partial charge in [0.25, 0.3) is 28.3 Å². The van der Waals surface area contributed by atoms with Crippen LogP contribution in [0.25, 0.3) is 0 Å². The number of ether oxygens (including phenoxy) is 1. The Hall–Kier alpha value is -11.0. The van der Waals surface area contributed by atoms with Gasteiger partial charge in [-0.05, 0) is 73.7 Å². The number of nitrogen functional groups attached to an aromatic ring is 1. The van der Waals surface area contributed by atoms with Crippen LogP contribution < -0.4 is 38.7 Å². The minimum atomic E-state index is -1.07. The Balaban J connectivity index is 0.